The quantitative estimate of drug-likeness (QED) is 0.515. The minimum absolute atomic E-state index is 0.0138. The van der Waals surface area contributed by atoms with Crippen molar-refractivity contribution in [1.29, 1.82) is 0 Å². The SMILES string of the molecule is Cc1nn(C)cc1C(C(=O)NC1CCCCC1)N(C(=O)C1COc2ccccc2O1)c1ccc2c(c1)OCO2. The van der Waals surface area contributed by atoms with E-state index < -0.39 is 18.1 Å². The van der Waals surface area contributed by atoms with Gasteiger partial charge in [0.2, 0.25) is 18.8 Å². The van der Waals surface area contributed by atoms with E-state index in [0.717, 1.165) is 25.7 Å². The third-order valence-electron chi connectivity index (χ3n) is 7.46. The summed E-state index contributed by atoms with van der Waals surface area (Å²) in [5.74, 6) is 1.47. The summed E-state index contributed by atoms with van der Waals surface area (Å²) < 4.78 is 24.8. The van der Waals surface area contributed by atoms with Crippen LogP contribution in [-0.2, 0) is 16.6 Å². The van der Waals surface area contributed by atoms with Gasteiger partial charge in [-0.15, -0.1) is 0 Å². The third kappa shape index (κ3) is 4.98. The van der Waals surface area contributed by atoms with Gasteiger partial charge in [0.05, 0.1) is 5.69 Å². The topological polar surface area (TPSA) is 104 Å². The van der Waals surface area contributed by atoms with Gasteiger partial charge in [-0.3, -0.25) is 19.2 Å². The molecule has 2 aromatic carbocycles. The number of benzene rings is 2. The summed E-state index contributed by atoms with van der Waals surface area (Å²) in [7, 11) is 1.80. The second-order valence-electron chi connectivity index (χ2n) is 10.2. The van der Waals surface area contributed by atoms with Gasteiger partial charge in [-0.1, -0.05) is 31.4 Å². The average molecular weight is 533 g/mol. The molecule has 2 amide bonds. The fraction of sp³-hybridized carbons (Fsp3) is 0.414. The molecule has 3 aromatic rings. The highest BCUT2D eigenvalue weighted by Crippen LogP contribution is 2.40. The number of amides is 2. The highest BCUT2D eigenvalue weighted by Gasteiger charge is 2.41. The van der Waals surface area contributed by atoms with E-state index in [-0.39, 0.29) is 25.3 Å². The van der Waals surface area contributed by atoms with Crippen molar-refractivity contribution in [2.24, 2.45) is 7.05 Å². The van der Waals surface area contributed by atoms with Crippen molar-refractivity contribution in [2.75, 3.05) is 18.3 Å². The number of fused-ring (bicyclic) bond motifs is 2. The number of ether oxygens (including phenoxy) is 4. The van der Waals surface area contributed by atoms with E-state index >= 15 is 0 Å². The number of rotatable bonds is 6. The summed E-state index contributed by atoms with van der Waals surface area (Å²) in [4.78, 5) is 30.0. The smallest absolute Gasteiger partial charge is 0.272 e. The lowest BCUT2D eigenvalue weighted by Crippen LogP contribution is -2.52. The van der Waals surface area contributed by atoms with Gasteiger partial charge in [0.15, 0.2) is 23.0 Å². The number of hydrogen-bond donors (Lipinski definition) is 1. The Kier molecular flexibility index (Phi) is 6.76. The minimum atomic E-state index is -0.991. The van der Waals surface area contributed by atoms with Crippen LogP contribution in [0, 0.1) is 6.92 Å². The van der Waals surface area contributed by atoms with Gasteiger partial charge in [-0.05, 0) is 44.0 Å². The lowest BCUT2D eigenvalue weighted by Gasteiger charge is -2.36. The number of aromatic nitrogens is 2. The second kappa shape index (κ2) is 10.5. The Morgan fingerprint density at radius 3 is 2.51 bits per heavy atom. The molecule has 204 valence electrons. The van der Waals surface area contributed by atoms with Crippen molar-refractivity contribution in [2.45, 2.75) is 57.2 Å². The number of carbonyl (C=O) groups excluding carboxylic acids is 2. The van der Waals surface area contributed by atoms with E-state index in [1.807, 2.05) is 19.1 Å². The molecule has 2 aliphatic heterocycles. The zero-order valence-electron chi connectivity index (χ0n) is 22.1. The van der Waals surface area contributed by atoms with Crippen LogP contribution in [0.2, 0.25) is 0 Å². The summed E-state index contributed by atoms with van der Waals surface area (Å²) in [6.45, 7) is 1.95. The molecule has 1 aromatic heterocycles. The highest BCUT2D eigenvalue weighted by atomic mass is 16.7. The molecule has 10 nitrogen and oxygen atoms in total. The minimum Gasteiger partial charge on any atom is -0.485 e. The van der Waals surface area contributed by atoms with Crippen LogP contribution < -0.4 is 29.2 Å². The molecule has 6 rings (SSSR count). The Hall–Kier alpha value is -4.21. The van der Waals surface area contributed by atoms with Crippen molar-refractivity contribution in [3.63, 3.8) is 0 Å². The zero-order chi connectivity index (χ0) is 26.9. The average Bonchev–Trinajstić information content (AvgIpc) is 3.56. The molecule has 0 bridgehead atoms. The molecule has 2 atom stereocenters. The Balaban J connectivity index is 1.42. The molecular weight excluding hydrogens is 500 g/mol. The summed E-state index contributed by atoms with van der Waals surface area (Å²) in [5, 5.41) is 7.73. The van der Waals surface area contributed by atoms with Crippen molar-refractivity contribution >= 4 is 17.5 Å². The largest absolute Gasteiger partial charge is 0.485 e. The maximum Gasteiger partial charge on any atom is 0.272 e. The highest BCUT2D eigenvalue weighted by molar-refractivity contribution is 6.04. The van der Waals surface area contributed by atoms with Crippen molar-refractivity contribution in [3.05, 3.63) is 59.9 Å². The molecule has 1 aliphatic carbocycles. The van der Waals surface area contributed by atoms with Crippen LogP contribution in [0.25, 0.3) is 0 Å². The monoisotopic (exact) mass is 532 g/mol. The van der Waals surface area contributed by atoms with Crippen LogP contribution in [0.5, 0.6) is 23.0 Å². The van der Waals surface area contributed by atoms with Gasteiger partial charge in [-0.2, -0.15) is 5.10 Å². The third-order valence-corrected chi connectivity index (χ3v) is 7.46. The van der Waals surface area contributed by atoms with Crippen LogP contribution in [0.3, 0.4) is 0 Å². The van der Waals surface area contributed by atoms with Gasteiger partial charge in [0, 0.05) is 36.6 Å². The molecule has 39 heavy (non-hydrogen) atoms. The summed E-state index contributed by atoms with van der Waals surface area (Å²) in [6.07, 6.45) is 5.96. The van der Waals surface area contributed by atoms with E-state index in [2.05, 4.69) is 10.4 Å². The molecule has 0 spiro atoms. The summed E-state index contributed by atoms with van der Waals surface area (Å²) in [6, 6.07) is 11.5. The summed E-state index contributed by atoms with van der Waals surface area (Å²) in [5.41, 5.74) is 1.78. The molecule has 3 aliphatic rings. The van der Waals surface area contributed by atoms with Crippen LogP contribution >= 0.6 is 0 Å². The van der Waals surface area contributed by atoms with Crippen molar-refractivity contribution in [3.8, 4) is 23.0 Å². The molecule has 0 saturated heterocycles. The predicted molar refractivity (Wildman–Crippen MR) is 142 cm³/mol. The summed E-state index contributed by atoms with van der Waals surface area (Å²) >= 11 is 0. The number of hydrogen-bond acceptors (Lipinski definition) is 7. The van der Waals surface area contributed by atoms with Crippen LogP contribution in [0.1, 0.15) is 49.4 Å². The first kappa shape index (κ1) is 25.1. The number of anilines is 1. The van der Waals surface area contributed by atoms with E-state index in [9.17, 15) is 9.59 Å². The zero-order valence-corrected chi connectivity index (χ0v) is 22.1. The second-order valence-corrected chi connectivity index (χ2v) is 10.2. The molecule has 0 radical (unpaired) electrons. The van der Waals surface area contributed by atoms with Gasteiger partial charge in [0.25, 0.3) is 5.91 Å². The Bertz CT molecular complexity index is 1380. The number of nitrogens with zero attached hydrogens (tertiary/aromatic N) is 3. The van der Waals surface area contributed by atoms with Gasteiger partial charge < -0.3 is 24.3 Å². The van der Waals surface area contributed by atoms with E-state index in [4.69, 9.17) is 18.9 Å². The Morgan fingerprint density at radius 2 is 1.74 bits per heavy atom. The maximum absolute atomic E-state index is 14.4. The fourth-order valence-corrected chi connectivity index (χ4v) is 5.55. The van der Waals surface area contributed by atoms with Crippen LogP contribution in [0.4, 0.5) is 5.69 Å². The number of aryl methyl sites for hydroxylation is 2. The predicted octanol–water partition coefficient (Wildman–Crippen LogP) is 3.82. The van der Waals surface area contributed by atoms with Gasteiger partial charge >= 0.3 is 0 Å². The first-order chi connectivity index (χ1) is 19.0. The van der Waals surface area contributed by atoms with Crippen molar-refractivity contribution in [1.82, 2.24) is 15.1 Å². The lowest BCUT2D eigenvalue weighted by atomic mass is 9.94. The van der Waals surface area contributed by atoms with E-state index in [1.54, 1.807) is 48.3 Å². The normalized spacial score (nSPS) is 18.9. The van der Waals surface area contributed by atoms with E-state index in [1.165, 1.54) is 11.3 Å². The lowest BCUT2D eigenvalue weighted by molar-refractivity contribution is -0.132. The first-order valence-electron chi connectivity index (χ1n) is 13.4. The standard InChI is InChI=1S/C29H32N4O6/c1-18-21(15-32(2)31-18)27(28(34)30-19-8-4-3-5-9-19)33(20-12-13-23-25(14-20)38-17-37-23)29(35)26-16-36-22-10-6-7-11-24(22)39-26/h6-7,10-15,19,26-27H,3-5,8-9,16-17H2,1-2H3,(H,30,34). The fourth-order valence-electron chi connectivity index (χ4n) is 5.55. The van der Waals surface area contributed by atoms with Gasteiger partial charge in [0.1, 0.15) is 12.6 Å². The number of carbonyl (C=O) groups is 2. The number of para-hydroxylation sites is 2. The van der Waals surface area contributed by atoms with Crippen molar-refractivity contribution < 1.29 is 28.5 Å². The molecule has 3 heterocycles. The maximum atomic E-state index is 14.4. The molecule has 10 heteroatoms. The first-order valence-corrected chi connectivity index (χ1v) is 13.4. The molecule has 1 N–H and O–H groups in total. The Labute approximate surface area is 226 Å². The Morgan fingerprint density at radius 1 is 1.00 bits per heavy atom. The molecule has 1 saturated carbocycles. The van der Waals surface area contributed by atoms with E-state index in [0.29, 0.717) is 39.9 Å². The molecule has 2 unspecified atom stereocenters. The van der Waals surface area contributed by atoms with Gasteiger partial charge in [-0.25, -0.2) is 0 Å². The molecular formula is C29H32N4O6. The van der Waals surface area contributed by atoms with Crippen LogP contribution in [-0.4, -0.2) is 47.1 Å². The van der Waals surface area contributed by atoms with Crippen LogP contribution in [0.15, 0.2) is 48.7 Å². The number of nitrogens with one attached hydrogen (secondary N) is 1. The molecule has 1 fully saturated rings.